The Balaban J connectivity index is 1.28. The smallest absolute Gasteiger partial charge is 0.127 e. The number of benzene rings is 6. The zero-order valence-electron chi connectivity index (χ0n) is 24.0. The van der Waals surface area contributed by atoms with Crippen molar-refractivity contribution in [2.45, 2.75) is 0 Å². The van der Waals surface area contributed by atoms with Gasteiger partial charge >= 0.3 is 0 Å². The van der Waals surface area contributed by atoms with E-state index >= 15 is 0 Å². The normalized spacial score (nSPS) is 11.1. The van der Waals surface area contributed by atoms with Gasteiger partial charge in [0.05, 0.1) is 11.0 Å². The van der Waals surface area contributed by atoms with Crippen molar-refractivity contribution in [1.82, 2.24) is 4.57 Å². The quantitative estimate of drug-likeness (QED) is 0.192. The van der Waals surface area contributed by atoms with E-state index in [9.17, 15) is 4.39 Å². The van der Waals surface area contributed by atoms with E-state index in [0.717, 1.165) is 51.0 Å². The summed E-state index contributed by atoms with van der Waals surface area (Å²) in [5.74, 6) is 1.36. The number of ether oxygens (including phenoxy) is 1. The van der Waals surface area contributed by atoms with Gasteiger partial charge in [-0.3, -0.25) is 0 Å². The van der Waals surface area contributed by atoms with Crippen LogP contribution in [0.5, 0.6) is 11.5 Å². The topological polar surface area (TPSA) is 20.6 Å². The number of anilines is 5. The lowest BCUT2D eigenvalue weighted by Crippen LogP contribution is -2.09. The summed E-state index contributed by atoms with van der Waals surface area (Å²) in [5, 5.41) is 2.38. The van der Waals surface area contributed by atoms with Crippen LogP contribution in [0.15, 0.2) is 146 Å². The van der Waals surface area contributed by atoms with Crippen LogP contribution < -0.4 is 14.5 Å². The Hall–Kier alpha value is -5.55. The zero-order valence-corrected chi connectivity index (χ0v) is 24.0. The molecule has 0 N–H and O–H groups in total. The number of para-hydroxylation sites is 2. The van der Waals surface area contributed by atoms with Gasteiger partial charge in [-0.1, -0.05) is 48.5 Å². The molecule has 4 nitrogen and oxygen atoms in total. The van der Waals surface area contributed by atoms with E-state index in [1.807, 2.05) is 55.6 Å². The Bertz CT molecular complexity index is 2020. The molecule has 0 aliphatic heterocycles. The summed E-state index contributed by atoms with van der Waals surface area (Å²) in [6.45, 7) is 0. The maximum Gasteiger partial charge on any atom is 0.127 e. The molecule has 0 bridgehead atoms. The first-order valence-corrected chi connectivity index (χ1v) is 14.2. The number of halogens is 1. The molecule has 1 aromatic heterocycles. The lowest BCUT2D eigenvalue weighted by Gasteiger charge is -2.26. The molecule has 0 radical (unpaired) electrons. The number of hydrogen-bond acceptors (Lipinski definition) is 3. The summed E-state index contributed by atoms with van der Waals surface area (Å²) in [6, 6.07) is 48.1. The average molecular weight is 564 g/mol. The van der Waals surface area contributed by atoms with E-state index in [1.54, 1.807) is 12.1 Å². The summed E-state index contributed by atoms with van der Waals surface area (Å²) in [4.78, 5) is 4.33. The van der Waals surface area contributed by atoms with Crippen LogP contribution in [0.3, 0.4) is 0 Å². The van der Waals surface area contributed by atoms with E-state index in [-0.39, 0.29) is 5.82 Å². The Kier molecular flexibility index (Phi) is 6.76. The molecule has 7 rings (SSSR count). The maximum absolute atomic E-state index is 13.5. The monoisotopic (exact) mass is 563 g/mol. The van der Waals surface area contributed by atoms with Gasteiger partial charge in [0.25, 0.3) is 0 Å². The molecule has 6 aromatic carbocycles. The maximum atomic E-state index is 13.5. The van der Waals surface area contributed by atoms with Crippen LogP contribution in [0.25, 0.3) is 21.8 Å². The van der Waals surface area contributed by atoms with Crippen molar-refractivity contribution in [2.75, 3.05) is 16.8 Å². The van der Waals surface area contributed by atoms with Gasteiger partial charge in [0.1, 0.15) is 17.3 Å². The minimum absolute atomic E-state index is 0.238. The number of hydrogen-bond donors (Lipinski definition) is 0. The Morgan fingerprint density at radius 1 is 0.512 bits per heavy atom. The molecular weight excluding hydrogens is 533 g/mol. The molecule has 0 amide bonds. The first-order valence-electron chi connectivity index (χ1n) is 14.2. The van der Waals surface area contributed by atoms with Crippen LogP contribution in [0.2, 0.25) is 0 Å². The molecule has 5 heteroatoms. The molecule has 1 heterocycles. The second kappa shape index (κ2) is 11.0. The summed E-state index contributed by atoms with van der Waals surface area (Å²) in [5.41, 5.74) is 7.40. The van der Waals surface area contributed by atoms with Gasteiger partial charge in [0.15, 0.2) is 0 Å². The van der Waals surface area contributed by atoms with E-state index in [1.165, 1.54) is 22.9 Å². The summed E-state index contributed by atoms with van der Waals surface area (Å²) in [6.07, 6.45) is 0. The summed E-state index contributed by atoms with van der Waals surface area (Å²) < 4.78 is 21.8. The largest absolute Gasteiger partial charge is 0.457 e. The van der Waals surface area contributed by atoms with Crippen molar-refractivity contribution in [3.63, 3.8) is 0 Å². The van der Waals surface area contributed by atoms with E-state index < -0.39 is 0 Å². The fraction of sp³-hybridized carbons (Fsp3) is 0.0526. The van der Waals surface area contributed by atoms with Gasteiger partial charge in [-0.25, -0.2) is 4.39 Å². The third-order valence-electron chi connectivity index (χ3n) is 7.92. The SMILES string of the molecule is CN(c1ccc(F)cc1)c1ccc2c3ccc(N(c4ccccc4)c4ccc(Oc5ccccc5)cc4)cc3n(C)c2c1. The number of rotatable bonds is 7. The van der Waals surface area contributed by atoms with Crippen molar-refractivity contribution in [3.8, 4) is 11.5 Å². The van der Waals surface area contributed by atoms with Crippen molar-refractivity contribution in [2.24, 2.45) is 7.05 Å². The summed E-state index contributed by atoms with van der Waals surface area (Å²) in [7, 11) is 4.11. The number of fused-ring (bicyclic) bond motifs is 3. The van der Waals surface area contributed by atoms with Gasteiger partial charge in [-0.05, 0) is 97.1 Å². The first-order chi connectivity index (χ1) is 21.0. The van der Waals surface area contributed by atoms with E-state index in [2.05, 4.69) is 94.2 Å². The van der Waals surface area contributed by atoms with Crippen molar-refractivity contribution >= 4 is 50.2 Å². The fourth-order valence-corrected chi connectivity index (χ4v) is 5.65. The molecule has 0 unspecified atom stereocenters. The molecule has 7 aromatic rings. The minimum atomic E-state index is -0.238. The van der Waals surface area contributed by atoms with Crippen molar-refractivity contribution < 1.29 is 9.13 Å². The fourth-order valence-electron chi connectivity index (χ4n) is 5.65. The highest BCUT2D eigenvalue weighted by Gasteiger charge is 2.17. The van der Waals surface area contributed by atoms with Gasteiger partial charge in [-0.15, -0.1) is 0 Å². The molecule has 0 spiro atoms. The molecule has 0 saturated heterocycles. The molecular formula is C38H30FN3O. The van der Waals surface area contributed by atoms with E-state index in [0.29, 0.717) is 0 Å². The predicted octanol–water partition coefficient (Wildman–Crippen LogP) is 10.5. The van der Waals surface area contributed by atoms with Gasteiger partial charge in [0.2, 0.25) is 0 Å². The van der Waals surface area contributed by atoms with Crippen LogP contribution in [0.1, 0.15) is 0 Å². The Morgan fingerprint density at radius 3 is 1.65 bits per heavy atom. The van der Waals surface area contributed by atoms with Crippen LogP contribution in [0, 0.1) is 5.82 Å². The Morgan fingerprint density at radius 2 is 1.00 bits per heavy atom. The molecule has 0 fully saturated rings. The highest BCUT2D eigenvalue weighted by Crippen LogP contribution is 2.40. The van der Waals surface area contributed by atoms with Gasteiger partial charge in [0, 0.05) is 53.3 Å². The molecule has 43 heavy (non-hydrogen) atoms. The predicted molar refractivity (Wildman–Crippen MR) is 176 cm³/mol. The second-order valence-electron chi connectivity index (χ2n) is 10.6. The molecule has 0 atom stereocenters. The van der Waals surface area contributed by atoms with Crippen LogP contribution in [-0.2, 0) is 7.05 Å². The number of aromatic nitrogens is 1. The number of aryl methyl sites for hydroxylation is 1. The first kappa shape index (κ1) is 26.4. The van der Waals surface area contributed by atoms with Crippen molar-refractivity contribution in [1.29, 1.82) is 0 Å². The lowest BCUT2D eigenvalue weighted by atomic mass is 10.1. The standard InChI is InChI=1S/C38H30FN3O/c1-40(28-15-13-27(39)14-16-28)31-19-23-35-36-24-20-32(26-38(36)41(2)37(35)25-31)42(29-9-5-3-6-10-29)30-17-21-34(22-18-30)43-33-11-7-4-8-12-33/h3-26H,1-2H3. The molecule has 0 aliphatic carbocycles. The highest BCUT2D eigenvalue weighted by atomic mass is 19.1. The van der Waals surface area contributed by atoms with Crippen LogP contribution >= 0.6 is 0 Å². The summed E-state index contributed by atoms with van der Waals surface area (Å²) >= 11 is 0. The number of nitrogens with zero attached hydrogens (tertiary/aromatic N) is 3. The average Bonchev–Trinajstić information content (AvgIpc) is 3.33. The second-order valence-corrected chi connectivity index (χ2v) is 10.6. The molecule has 210 valence electrons. The van der Waals surface area contributed by atoms with Crippen LogP contribution in [0.4, 0.5) is 32.8 Å². The Labute approximate surface area is 250 Å². The highest BCUT2D eigenvalue weighted by molar-refractivity contribution is 6.10. The van der Waals surface area contributed by atoms with Gasteiger partial charge < -0.3 is 19.1 Å². The third kappa shape index (κ3) is 5.06. The van der Waals surface area contributed by atoms with Crippen LogP contribution in [-0.4, -0.2) is 11.6 Å². The van der Waals surface area contributed by atoms with Crippen molar-refractivity contribution in [3.05, 3.63) is 151 Å². The third-order valence-corrected chi connectivity index (χ3v) is 7.92. The van der Waals surface area contributed by atoms with E-state index in [4.69, 9.17) is 4.74 Å². The molecule has 0 saturated carbocycles. The lowest BCUT2D eigenvalue weighted by molar-refractivity contribution is 0.483. The minimum Gasteiger partial charge on any atom is -0.457 e. The molecule has 0 aliphatic rings. The van der Waals surface area contributed by atoms with Gasteiger partial charge in [-0.2, -0.15) is 0 Å². The zero-order chi connectivity index (χ0) is 29.3.